The molecule has 0 aliphatic carbocycles. The normalized spacial score (nSPS) is 12.9. The zero-order chi connectivity index (χ0) is 33.1. The molecule has 9 nitrogen and oxygen atoms in total. The first-order valence-corrected chi connectivity index (χ1v) is 15.4. The lowest BCUT2D eigenvalue weighted by Gasteiger charge is -2.33. The fourth-order valence-corrected chi connectivity index (χ4v) is 4.57. The Labute approximate surface area is 263 Å². The molecule has 2 aromatic carbocycles. The zero-order valence-electron chi connectivity index (χ0n) is 27.9. The number of carbonyl (C=O) groups is 4. The maximum absolute atomic E-state index is 14.3. The minimum Gasteiger partial charge on any atom is -0.458 e. The van der Waals surface area contributed by atoms with Crippen LogP contribution < -0.4 is 10.6 Å². The molecule has 2 N–H and O–H groups in total. The lowest BCUT2D eigenvalue weighted by atomic mass is 9.97. The topological polar surface area (TPSA) is 114 Å². The highest BCUT2D eigenvalue weighted by atomic mass is 16.6. The number of hydrogen-bond donors (Lipinski definition) is 2. The highest BCUT2D eigenvalue weighted by Gasteiger charge is 2.35. The van der Waals surface area contributed by atoms with Gasteiger partial charge in [0, 0.05) is 13.0 Å². The summed E-state index contributed by atoms with van der Waals surface area (Å²) >= 11 is 0. The molecule has 0 aliphatic rings. The summed E-state index contributed by atoms with van der Waals surface area (Å²) in [5.74, 6) is -1.52. The number of carbonyl (C=O) groups excluding carboxylic acids is 4. The standard InChI is InChI=1S/C35H51N3O6/c1-10-11-15-20-38(29(39)23-36-33(42)44-35(7,8)9)30(27-19-18-24(2)25(3)21-27)31(40)37-28(32(41)43-34(4,5)6)22-26-16-13-12-14-17-26/h12-14,16-19,21,28,30H,10-11,15,20,22-23H2,1-9H3,(H,36,42)(H,37,40). The highest BCUT2D eigenvalue weighted by molar-refractivity contribution is 5.93. The van der Waals surface area contributed by atoms with E-state index in [2.05, 4.69) is 17.6 Å². The third kappa shape index (κ3) is 12.4. The molecule has 0 spiro atoms. The van der Waals surface area contributed by atoms with E-state index in [1.807, 2.05) is 62.4 Å². The van der Waals surface area contributed by atoms with Crippen LogP contribution in [0.15, 0.2) is 48.5 Å². The Morgan fingerprint density at radius 2 is 1.48 bits per heavy atom. The number of aryl methyl sites for hydroxylation is 2. The molecule has 0 saturated carbocycles. The van der Waals surface area contributed by atoms with Gasteiger partial charge >= 0.3 is 12.1 Å². The molecule has 0 radical (unpaired) electrons. The molecule has 3 amide bonds. The zero-order valence-corrected chi connectivity index (χ0v) is 27.9. The third-order valence-electron chi connectivity index (χ3n) is 6.80. The van der Waals surface area contributed by atoms with Crippen molar-refractivity contribution in [3.8, 4) is 0 Å². The van der Waals surface area contributed by atoms with Crippen molar-refractivity contribution in [1.82, 2.24) is 15.5 Å². The Morgan fingerprint density at radius 1 is 0.841 bits per heavy atom. The first kappa shape index (κ1) is 36.3. The molecule has 2 atom stereocenters. The predicted octanol–water partition coefficient (Wildman–Crippen LogP) is 5.96. The van der Waals surface area contributed by atoms with Crippen LogP contribution in [-0.2, 0) is 30.3 Å². The van der Waals surface area contributed by atoms with Gasteiger partial charge in [-0.2, -0.15) is 0 Å². The fraction of sp³-hybridized carbons (Fsp3) is 0.543. The van der Waals surface area contributed by atoms with Crippen LogP contribution in [0.1, 0.15) is 96.0 Å². The van der Waals surface area contributed by atoms with Crippen molar-refractivity contribution < 1.29 is 28.7 Å². The van der Waals surface area contributed by atoms with Crippen molar-refractivity contribution in [2.24, 2.45) is 0 Å². The van der Waals surface area contributed by atoms with Crippen LogP contribution >= 0.6 is 0 Å². The average molecular weight is 610 g/mol. The van der Waals surface area contributed by atoms with E-state index in [9.17, 15) is 19.2 Å². The van der Waals surface area contributed by atoms with Crippen molar-refractivity contribution in [2.75, 3.05) is 13.1 Å². The van der Waals surface area contributed by atoms with Gasteiger partial charge in [0.2, 0.25) is 11.8 Å². The molecule has 44 heavy (non-hydrogen) atoms. The predicted molar refractivity (Wildman–Crippen MR) is 172 cm³/mol. The van der Waals surface area contributed by atoms with Crippen molar-refractivity contribution in [2.45, 2.75) is 111 Å². The molecule has 0 saturated heterocycles. The first-order valence-electron chi connectivity index (χ1n) is 15.4. The Morgan fingerprint density at radius 3 is 2.05 bits per heavy atom. The van der Waals surface area contributed by atoms with Gasteiger partial charge in [-0.05, 0) is 84.1 Å². The van der Waals surface area contributed by atoms with E-state index in [0.717, 1.165) is 29.5 Å². The summed E-state index contributed by atoms with van der Waals surface area (Å²) in [6.07, 6.45) is 1.91. The number of alkyl carbamates (subject to hydrolysis) is 1. The van der Waals surface area contributed by atoms with Gasteiger partial charge < -0.3 is 25.0 Å². The number of benzene rings is 2. The van der Waals surface area contributed by atoms with Crippen LogP contribution in [0.4, 0.5) is 4.79 Å². The molecule has 9 heteroatoms. The molecule has 0 heterocycles. The van der Waals surface area contributed by atoms with E-state index in [1.54, 1.807) is 41.5 Å². The van der Waals surface area contributed by atoms with Gasteiger partial charge in [-0.3, -0.25) is 9.59 Å². The SMILES string of the molecule is CCCCCN(C(=O)CNC(=O)OC(C)(C)C)C(C(=O)NC(Cc1ccccc1)C(=O)OC(C)(C)C)c1ccc(C)c(C)c1. The number of rotatable bonds is 13. The first-order chi connectivity index (χ1) is 20.5. The van der Waals surface area contributed by atoms with Crippen LogP contribution in [0.2, 0.25) is 0 Å². The van der Waals surface area contributed by atoms with E-state index in [4.69, 9.17) is 9.47 Å². The van der Waals surface area contributed by atoms with E-state index in [1.165, 1.54) is 4.90 Å². The maximum atomic E-state index is 14.3. The van der Waals surface area contributed by atoms with Crippen LogP contribution in [0.5, 0.6) is 0 Å². The number of amides is 3. The monoisotopic (exact) mass is 609 g/mol. The molecule has 242 valence electrons. The summed E-state index contributed by atoms with van der Waals surface area (Å²) in [4.78, 5) is 55.3. The van der Waals surface area contributed by atoms with Crippen LogP contribution in [-0.4, -0.2) is 59.1 Å². The van der Waals surface area contributed by atoms with E-state index in [0.29, 0.717) is 12.0 Å². The second kappa shape index (κ2) is 16.3. The van der Waals surface area contributed by atoms with Gasteiger partial charge in [0.25, 0.3) is 0 Å². The van der Waals surface area contributed by atoms with E-state index < -0.39 is 47.2 Å². The smallest absolute Gasteiger partial charge is 0.408 e. The third-order valence-corrected chi connectivity index (χ3v) is 6.80. The van der Waals surface area contributed by atoms with Gasteiger partial charge in [-0.25, -0.2) is 9.59 Å². The number of nitrogens with one attached hydrogen (secondary N) is 2. The highest BCUT2D eigenvalue weighted by Crippen LogP contribution is 2.26. The summed E-state index contributed by atoms with van der Waals surface area (Å²) in [6, 6.07) is 13.0. The van der Waals surface area contributed by atoms with Gasteiger partial charge in [0.05, 0.1) is 0 Å². The van der Waals surface area contributed by atoms with Gasteiger partial charge in [0.1, 0.15) is 29.8 Å². The summed E-state index contributed by atoms with van der Waals surface area (Å²) in [5.41, 5.74) is 1.96. The number of ether oxygens (including phenoxy) is 2. The number of unbranched alkanes of at least 4 members (excludes halogenated alkanes) is 2. The lowest BCUT2D eigenvalue weighted by molar-refractivity contribution is -0.159. The van der Waals surface area contributed by atoms with Crippen molar-refractivity contribution in [3.05, 3.63) is 70.8 Å². The fourth-order valence-electron chi connectivity index (χ4n) is 4.57. The maximum Gasteiger partial charge on any atom is 0.408 e. The van der Waals surface area contributed by atoms with Crippen molar-refractivity contribution in [1.29, 1.82) is 0 Å². The molecule has 0 bridgehead atoms. The van der Waals surface area contributed by atoms with Crippen LogP contribution in [0.25, 0.3) is 0 Å². The number of nitrogens with zero attached hydrogens (tertiary/aromatic N) is 1. The van der Waals surface area contributed by atoms with Crippen molar-refractivity contribution >= 4 is 23.9 Å². The average Bonchev–Trinajstić information content (AvgIpc) is 2.91. The lowest BCUT2D eigenvalue weighted by Crippen LogP contribution is -2.52. The molecule has 2 aromatic rings. The molecule has 2 rings (SSSR count). The molecule has 0 fully saturated rings. The molecule has 0 aromatic heterocycles. The molecular formula is C35H51N3O6. The summed E-state index contributed by atoms with van der Waals surface area (Å²) in [7, 11) is 0. The Balaban J connectivity index is 2.51. The van der Waals surface area contributed by atoms with E-state index >= 15 is 0 Å². The Hall–Kier alpha value is -3.88. The number of hydrogen-bond acceptors (Lipinski definition) is 6. The molecule has 0 aliphatic heterocycles. The molecule has 2 unspecified atom stereocenters. The summed E-state index contributed by atoms with van der Waals surface area (Å²) in [6.45, 7) is 16.4. The summed E-state index contributed by atoms with van der Waals surface area (Å²) < 4.78 is 11.0. The second-order valence-corrected chi connectivity index (χ2v) is 13.2. The minimum absolute atomic E-state index is 0.213. The quantitative estimate of drug-likeness (QED) is 0.214. The Bertz CT molecular complexity index is 1260. The van der Waals surface area contributed by atoms with Crippen molar-refractivity contribution in [3.63, 3.8) is 0 Å². The summed E-state index contributed by atoms with van der Waals surface area (Å²) in [5, 5.41) is 5.46. The number of esters is 1. The minimum atomic E-state index is -1.06. The van der Waals surface area contributed by atoms with Gasteiger partial charge in [-0.1, -0.05) is 68.3 Å². The van der Waals surface area contributed by atoms with Crippen LogP contribution in [0, 0.1) is 13.8 Å². The van der Waals surface area contributed by atoms with Gasteiger partial charge in [-0.15, -0.1) is 0 Å². The van der Waals surface area contributed by atoms with Crippen LogP contribution in [0.3, 0.4) is 0 Å². The Kier molecular flexibility index (Phi) is 13.4. The largest absolute Gasteiger partial charge is 0.458 e. The second-order valence-electron chi connectivity index (χ2n) is 13.2. The van der Waals surface area contributed by atoms with Gasteiger partial charge in [0.15, 0.2) is 0 Å². The molecular weight excluding hydrogens is 558 g/mol. The van der Waals surface area contributed by atoms with E-state index in [-0.39, 0.29) is 19.5 Å².